The van der Waals surface area contributed by atoms with Gasteiger partial charge in [-0.3, -0.25) is 4.99 Å². The lowest BCUT2D eigenvalue weighted by atomic mass is 10.2. The van der Waals surface area contributed by atoms with Crippen molar-refractivity contribution in [2.24, 2.45) is 4.99 Å². The molecule has 142 valence electrons. The SMILES string of the molecule is CN=C(NCc1ccc(OC)cc1)NCc1cccc(-n2cccn2)c1.I. The highest BCUT2D eigenvalue weighted by Gasteiger charge is 2.02. The number of nitrogens with zero attached hydrogens (tertiary/aromatic N) is 3. The molecule has 1 heterocycles. The average Bonchev–Trinajstić information content (AvgIpc) is 3.24. The van der Waals surface area contributed by atoms with E-state index in [9.17, 15) is 0 Å². The Bertz CT molecular complexity index is 847. The summed E-state index contributed by atoms with van der Waals surface area (Å²) in [5, 5.41) is 10.9. The minimum Gasteiger partial charge on any atom is -0.497 e. The molecule has 0 fully saturated rings. The van der Waals surface area contributed by atoms with E-state index < -0.39 is 0 Å². The molecule has 0 saturated carbocycles. The zero-order valence-corrected chi connectivity index (χ0v) is 17.8. The largest absolute Gasteiger partial charge is 0.497 e. The van der Waals surface area contributed by atoms with Crippen LogP contribution in [-0.2, 0) is 13.1 Å². The van der Waals surface area contributed by atoms with Crippen LogP contribution in [0.1, 0.15) is 11.1 Å². The third-order valence-electron chi connectivity index (χ3n) is 3.98. The van der Waals surface area contributed by atoms with Crippen LogP contribution >= 0.6 is 24.0 Å². The standard InChI is InChI=1S/C20H23N5O.HI/c1-21-20(22-14-16-7-9-19(26-2)10-8-16)23-15-17-5-3-6-18(13-17)25-12-4-11-24-25;/h3-13H,14-15H2,1-2H3,(H2,21,22,23);1H. The Morgan fingerprint density at radius 1 is 1.04 bits per heavy atom. The highest BCUT2D eigenvalue weighted by molar-refractivity contribution is 14.0. The Morgan fingerprint density at radius 3 is 2.41 bits per heavy atom. The molecule has 0 bridgehead atoms. The quantitative estimate of drug-likeness (QED) is 0.325. The molecule has 2 aromatic carbocycles. The van der Waals surface area contributed by atoms with E-state index >= 15 is 0 Å². The average molecular weight is 477 g/mol. The third-order valence-corrected chi connectivity index (χ3v) is 3.98. The lowest BCUT2D eigenvalue weighted by molar-refractivity contribution is 0.414. The Hall–Kier alpha value is -2.55. The van der Waals surface area contributed by atoms with Crippen LogP contribution in [0.4, 0.5) is 0 Å². The minimum atomic E-state index is 0. The first-order valence-electron chi connectivity index (χ1n) is 8.45. The zero-order chi connectivity index (χ0) is 18.2. The molecule has 0 aliphatic rings. The van der Waals surface area contributed by atoms with Gasteiger partial charge in [0.05, 0.1) is 12.8 Å². The molecular weight excluding hydrogens is 453 g/mol. The number of guanidine groups is 1. The Kier molecular flexibility index (Phi) is 8.12. The molecule has 3 rings (SSSR count). The lowest BCUT2D eigenvalue weighted by Gasteiger charge is -2.13. The van der Waals surface area contributed by atoms with Crippen molar-refractivity contribution in [3.05, 3.63) is 78.1 Å². The van der Waals surface area contributed by atoms with E-state index in [0.717, 1.165) is 28.5 Å². The van der Waals surface area contributed by atoms with Crippen LogP contribution in [0.15, 0.2) is 72.0 Å². The summed E-state index contributed by atoms with van der Waals surface area (Å²) < 4.78 is 7.02. The van der Waals surface area contributed by atoms with Crippen molar-refractivity contribution >= 4 is 29.9 Å². The molecule has 0 atom stereocenters. The number of aliphatic imine (C=N–C) groups is 1. The number of benzene rings is 2. The summed E-state index contributed by atoms with van der Waals surface area (Å²) in [7, 11) is 3.43. The van der Waals surface area contributed by atoms with E-state index in [1.807, 2.05) is 53.3 Å². The first-order chi connectivity index (χ1) is 12.8. The molecule has 3 aromatic rings. The summed E-state index contributed by atoms with van der Waals surface area (Å²) >= 11 is 0. The topological polar surface area (TPSA) is 63.5 Å². The summed E-state index contributed by atoms with van der Waals surface area (Å²) in [6.45, 7) is 1.37. The maximum atomic E-state index is 5.18. The Morgan fingerprint density at radius 2 is 1.78 bits per heavy atom. The van der Waals surface area contributed by atoms with Crippen LogP contribution in [0.2, 0.25) is 0 Å². The second-order valence-electron chi connectivity index (χ2n) is 5.75. The number of ether oxygens (including phenoxy) is 1. The molecule has 0 radical (unpaired) electrons. The van der Waals surface area contributed by atoms with Gasteiger partial charge in [-0.1, -0.05) is 24.3 Å². The molecule has 0 saturated heterocycles. The molecule has 2 N–H and O–H groups in total. The van der Waals surface area contributed by atoms with Crippen LogP contribution in [0.25, 0.3) is 5.69 Å². The normalized spacial score (nSPS) is 10.8. The highest BCUT2D eigenvalue weighted by atomic mass is 127. The predicted molar refractivity (Wildman–Crippen MR) is 119 cm³/mol. The zero-order valence-electron chi connectivity index (χ0n) is 15.4. The van der Waals surface area contributed by atoms with Gasteiger partial charge in [-0.05, 0) is 41.5 Å². The fraction of sp³-hybridized carbons (Fsp3) is 0.200. The van der Waals surface area contributed by atoms with Crippen molar-refractivity contribution in [2.45, 2.75) is 13.1 Å². The maximum Gasteiger partial charge on any atom is 0.191 e. The number of methoxy groups -OCH3 is 1. The fourth-order valence-electron chi connectivity index (χ4n) is 2.57. The Balaban J connectivity index is 0.00000261. The van der Waals surface area contributed by atoms with Gasteiger partial charge < -0.3 is 15.4 Å². The van der Waals surface area contributed by atoms with Gasteiger partial charge in [-0.25, -0.2) is 4.68 Å². The van der Waals surface area contributed by atoms with Crippen molar-refractivity contribution in [3.63, 3.8) is 0 Å². The molecule has 6 nitrogen and oxygen atoms in total. The number of rotatable bonds is 6. The molecule has 27 heavy (non-hydrogen) atoms. The number of nitrogens with one attached hydrogen (secondary N) is 2. The fourth-order valence-corrected chi connectivity index (χ4v) is 2.57. The number of halogens is 1. The van der Waals surface area contributed by atoms with Gasteiger partial charge in [-0.2, -0.15) is 5.10 Å². The lowest BCUT2D eigenvalue weighted by Crippen LogP contribution is -2.36. The summed E-state index contributed by atoms with van der Waals surface area (Å²) in [4.78, 5) is 4.28. The van der Waals surface area contributed by atoms with E-state index in [0.29, 0.717) is 13.1 Å². The van der Waals surface area contributed by atoms with Crippen molar-refractivity contribution in [2.75, 3.05) is 14.2 Å². The summed E-state index contributed by atoms with van der Waals surface area (Å²) in [5.41, 5.74) is 3.36. The van der Waals surface area contributed by atoms with Crippen molar-refractivity contribution < 1.29 is 4.74 Å². The van der Waals surface area contributed by atoms with Crippen LogP contribution in [-0.4, -0.2) is 29.9 Å². The van der Waals surface area contributed by atoms with Gasteiger partial charge in [0.2, 0.25) is 0 Å². The number of hydrogen-bond donors (Lipinski definition) is 2. The van der Waals surface area contributed by atoms with Gasteiger partial charge in [0, 0.05) is 32.5 Å². The van der Waals surface area contributed by atoms with Crippen LogP contribution in [0.5, 0.6) is 5.75 Å². The first kappa shape index (κ1) is 20.8. The first-order valence-corrected chi connectivity index (χ1v) is 8.45. The third kappa shape index (κ3) is 5.99. The molecule has 1 aromatic heterocycles. The van der Waals surface area contributed by atoms with Gasteiger partial charge in [0.25, 0.3) is 0 Å². The summed E-state index contributed by atoms with van der Waals surface area (Å²) in [6, 6.07) is 18.1. The maximum absolute atomic E-state index is 5.18. The van der Waals surface area contributed by atoms with E-state index in [2.05, 4.69) is 32.9 Å². The van der Waals surface area contributed by atoms with Crippen LogP contribution in [0, 0.1) is 0 Å². The van der Waals surface area contributed by atoms with E-state index in [4.69, 9.17) is 4.74 Å². The second kappa shape index (κ2) is 10.6. The van der Waals surface area contributed by atoms with Gasteiger partial charge in [-0.15, -0.1) is 24.0 Å². The molecule has 0 aliphatic heterocycles. The van der Waals surface area contributed by atoms with Gasteiger partial charge in [0.1, 0.15) is 5.75 Å². The Labute approximate surface area is 176 Å². The van der Waals surface area contributed by atoms with Gasteiger partial charge >= 0.3 is 0 Å². The number of hydrogen-bond acceptors (Lipinski definition) is 3. The van der Waals surface area contributed by atoms with Crippen molar-refractivity contribution in [1.29, 1.82) is 0 Å². The molecular formula is C20H24IN5O. The van der Waals surface area contributed by atoms with E-state index in [1.165, 1.54) is 0 Å². The van der Waals surface area contributed by atoms with E-state index in [1.54, 1.807) is 20.4 Å². The smallest absolute Gasteiger partial charge is 0.191 e. The van der Waals surface area contributed by atoms with Crippen LogP contribution in [0.3, 0.4) is 0 Å². The summed E-state index contributed by atoms with van der Waals surface area (Å²) in [5.74, 6) is 1.61. The molecule has 7 heteroatoms. The molecule has 0 aliphatic carbocycles. The monoisotopic (exact) mass is 477 g/mol. The van der Waals surface area contributed by atoms with E-state index in [-0.39, 0.29) is 24.0 Å². The number of aromatic nitrogens is 2. The second-order valence-corrected chi connectivity index (χ2v) is 5.75. The molecule has 0 spiro atoms. The summed E-state index contributed by atoms with van der Waals surface area (Å²) in [6.07, 6.45) is 3.71. The van der Waals surface area contributed by atoms with Crippen molar-refractivity contribution in [1.82, 2.24) is 20.4 Å². The molecule has 0 amide bonds. The molecule has 0 unspecified atom stereocenters. The van der Waals surface area contributed by atoms with Gasteiger partial charge in [0.15, 0.2) is 5.96 Å². The van der Waals surface area contributed by atoms with Crippen molar-refractivity contribution in [3.8, 4) is 11.4 Å². The minimum absolute atomic E-state index is 0. The van der Waals surface area contributed by atoms with Crippen LogP contribution < -0.4 is 15.4 Å². The predicted octanol–water partition coefficient (Wildman–Crippen LogP) is 3.36. The highest BCUT2D eigenvalue weighted by Crippen LogP contribution is 2.11.